The van der Waals surface area contributed by atoms with Crippen molar-refractivity contribution in [1.82, 2.24) is 4.90 Å². The molecule has 0 atom stereocenters. The number of ether oxygens (including phenoxy) is 3. The van der Waals surface area contributed by atoms with Gasteiger partial charge in [0.15, 0.2) is 0 Å². The lowest BCUT2D eigenvalue weighted by Crippen LogP contribution is -2.27. The summed E-state index contributed by atoms with van der Waals surface area (Å²) in [5.74, 6) is 0.463. The Balaban J connectivity index is 1.62. The van der Waals surface area contributed by atoms with Gasteiger partial charge in [-0.05, 0) is 86.5 Å². The van der Waals surface area contributed by atoms with Crippen LogP contribution >= 0.6 is 0 Å². The van der Waals surface area contributed by atoms with Crippen LogP contribution < -0.4 is 4.74 Å². The molecule has 0 heterocycles. The first-order chi connectivity index (χ1) is 19.5. The standard InChI is InChI=1S/C34H43NO5/c1-4-27-14-16-29(17-15-27)26-40-32-12-8-7-11-30(32)22-24-35(23-10-9-13-33(36)38-5-2)25-28-18-20-31(21-19-28)34(37)39-6-3/h7-8,11-12,14-21H,4-6,9-10,13,22-26H2,1-3H3. The highest BCUT2D eigenvalue weighted by Gasteiger charge is 2.12. The van der Waals surface area contributed by atoms with Gasteiger partial charge >= 0.3 is 11.9 Å². The normalized spacial score (nSPS) is 10.9. The highest BCUT2D eigenvalue weighted by atomic mass is 16.5. The second-order valence-electron chi connectivity index (χ2n) is 9.77. The minimum atomic E-state index is -0.303. The van der Waals surface area contributed by atoms with Crippen molar-refractivity contribution in [2.24, 2.45) is 0 Å². The topological polar surface area (TPSA) is 65.1 Å². The molecule has 6 heteroatoms. The molecular formula is C34H43NO5. The lowest BCUT2D eigenvalue weighted by Gasteiger charge is -2.23. The Morgan fingerprint density at radius 3 is 2.10 bits per heavy atom. The molecule has 0 radical (unpaired) electrons. The molecule has 3 aromatic carbocycles. The van der Waals surface area contributed by atoms with Crippen LogP contribution in [0.25, 0.3) is 0 Å². The molecule has 3 rings (SSSR count). The van der Waals surface area contributed by atoms with E-state index in [0.717, 1.165) is 62.2 Å². The molecule has 0 bridgehead atoms. The van der Waals surface area contributed by atoms with Crippen molar-refractivity contribution < 1.29 is 23.8 Å². The van der Waals surface area contributed by atoms with E-state index in [1.54, 1.807) is 6.92 Å². The van der Waals surface area contributed by atoms with Crippen LogP contribution in [0.15, 0.2) is 72.8 Å². The van der Waals surface area contributed by atoms with E-state index in [2.05, 4.69) is 48.2 Å². The second-order valence-corrected chi connectivity index (χ2v) is 9.77. The molecule has 0 unspecified atom stereocenters. The predicted molar refractivity (Wildman–Crippen MR) is 158 cm³/mol. The van der Waals surface area contributed by atoms with Crippen LogP contribution in [0.5, 0.6) is 5.75 Å². The summed E-state index contributed by atoms with van der Waals surface area (Å²) in [5, 5.41) is 0. The van der Waals surface area contributed by atoms with Gasteiger partial charge in [0.1, 0.15) is 12.4 Å². The third kappa shape index (κ3) is 10.5. The van der Waals surface area contributed by atoms with Crippen molar-refractivity contribution >= 4 is 11.9 Å². The molecule has 40 heavy (non-hydrogen) atoms. The number of nitrogens with zero attached hydrogens (tertiary/aromatic N) is 1. The first-order valence-corrected chi connectivity index (χ1v) is 14.4. The first-order valence-electron chi connectivity index (χ1n) is 14.4. The number of carbonyl (C=O) groups excluding carboxylic acids is 2. The Morgan fingerprint density at radius 1 is 0.725 bits per heavy atom. The molecule has 0 saturated heterocycles. The van der Waals surface area contributed by atoms with Crippen molar-refractivity contribution in [2.45, 2.75) is 66.0 Å². The molecule has 3 aromatic rings. The van der Waals surface area contributed by atoms with Crippen molar-refractivity contribution in [3.63, 3.8) is 0 Å². The van der Waals surface area contributed by atoms with Crippen LogP contribution in [0.1, 0.15) is 72.6 Å². The zero-order chi connectivity index (χ0) is 28.6. The van der Waals surface area contributed by atoms with Crippen LogP contribution in [0.4, 0.5) is 0 Å². The van der Waals surface area contributed by atoms with E-state index in [0.29, 0.717) is 31.8 Å². The van der Waals surface area contributed by atoms with E-state index in [-0.39, 0.29) is 11.9 Å². The van der Waals surface area contributed by atoms with Gasteiger partial charge in [0.2, 0.25) is 0 Å². The monoisotopic (exact) mass is 545 g/mol. The van der Waals surface area contributed by atoms with Gasteiger partial charge in [-0.1, -0.05) is 61.5 Å². The molecule has 0 aliphatic carbocycles. The average Bonchev–Trinajstić information content (AvgIpc) is 2.98. The third-order valence-corrected chi connectivity index (χ3v) is 6.78. The number of esters is 2. The Bertz CT molecular complexity index is 1170. The van der Waals surface area contributed by atoms with E-state index >= 15 is 0 Å². The van der Waals surface area contributed by atoms with E-state index in [1.165, 1.54) is 11.1 Å². The van der Waals surface area contributed by atoms with Gasteiger partial charge < -0.3 is 14.2 Å². The number of rotatable bonds is 17. The van der Waals surface area contributed by atoms with Crippen LogP contribution in [0.2, 0.25) is 0 Å². The third-order valence-electron chi connectivity index (χ3n) is 6.78. The molecule has 214 valence electrons. The molecule has 0 aromatic heterocycles. The molecule has 0 aliphatic heterocycles. The van der Waals surface area contributed by atoms with Crippen molar-refractivity contribution in [3.05, 3.63) is 101 Å². The van der Waals surface area contributed by atoms with Gasteiger partial charge in [-0.25, -0.2) is 4.79 Å². The van der Waals surface area contributed by atoms with E-state index in [9.17, 15) is 9.59 Å². The number of carbonyl (C=O) groups is 2. The van der Waals surface area contributed by atoms with Crippen LogP contribution in [0, 0.1) is 0 Å². The minimum absolute atomic E-state index is 0.140. The Labute approximate surface area is 239 Å². The van der Waals surface area contributed by atoms with Crippen LogP contribution in [0.3, 0.4) is 0 Å². The molecule has 0 aliphatic rings. The van der Waals surface area contributed by atoms with Gasteiger partial charge in [0.05, 0.1) is 18.8 Å². The SMILES string of the molecule is CCOC(=O)CCCCN(CCc1ccccc1OCc1ccc(CC)cc1)Cc1ccc(C(=O)OCC)cc1. The summed E-state index contributed by atoms with van der Waals surface area (Å²) < 4.78 is 16.4. The summed E-state index contributed by atoms with van der Waals surface area (Å²) in [5.41, 5.74) is 5.32. The molecule has 6 nitrogen and oxygen atoms in total. The summed E-state index contributed by atoms with van der Waals surface area (Å²) in [6, 6.07) is 24.4. The largest absolute Gasteiger partial charge is 0.489 e. The van der Waals surface area contributed by atoms with Gasteiger partial charge in [0.25, 0.3) is 0 Å². The van der Waals surface area contributed by atoms with Gasteiger partial charge in [-0.3, -0.25) is 9.69 Å². The quantitative estimate of drug-likeness (QED) is 0.138. The lowest BCUT2D eigenvalue weighted by molar-refractivity contribution is -0.143. The Hall–Kier alpha value is -3.64. The maximum Gasteiger partial charge on any atom is 0.338 e. The first kappa shape index (κ1) is 30.9. The fraction of sp³-hybridized carbons (Fsp3) is 0.412. The van der Waals surface area contributed by atoms with Crippen LogP contribution in [-0.4, -0.2) is 43.1 Å². The summed E-state index contributed by atoms with van der Waals surface area (Å²) in [7, 11) is 0. The van der Waals surface area contributed by atoms with E-state index < -0.39 is 0 Å². The fourth-order valence-corrected chi connectivity index (χ4v) is 4.49. The average molecular weight is 546 g/mol. The maximum atomic E-state index is 12.0. The minimum Gasteiger partial charge on any atom is -0.489 e. The maximum absolute atomic E-state index is 12.0. The molecule has 0 saturated carbocycles. The van der Waals surface area contributed by atoms with Crippen molar-refractivity contribution in [3.8, 4) is 5.75 Å². The number of unbranched alkanes of at least 4 members (excludes halogenated alkanes) is 1. The molecule has 0 fully saturated rings. The zero-order valence-electron chi connectivity index (χ0n) is 24.2. The lowest BCUT2D eigenvalue weighted by atomic mass is 10.1. The second kappa shape index (κ2) is 17.1. The van der Waals surface area contributed by atoms with Crippen LogP contribution in [-0.2, 0) is 40.3 Å². The highest BCUT2D eigenvalue weighted by Crippen LogP contribution is 2.21. The van der Waals surface area contributed by atoms with Gasteiger partial charge in [-0.15, -0.1) is 0 Å². The van der Waals surface area contributed by atoms with Crippen molar-refractivity contribution in [1.29, 1.82) is 0 Å². The van der Waals surface area contributed by atoms with E-state index in [4.69, 9.17) is 14.2 Å². The summed E-state index contributed by atoms with van der Waals surface area (Å²) >= 11 is 0. The van der Waals surface area contributed by atoms with Crippen molar-refractivity contribution in [2.75, 3.05) is 26.3 Å². The van der Waals surface area contributed by atoms with E-state index in [1.807, 2.05) is 43.3 Å². The molecule has 0 amide bonds. The number of aryl methyl sites for hydroxylation is 1. The number of hydrogen-bond acceptors (Lipinski definition) is 6. The fourth-order valence-electron chi connectivity index (χ4n) is 4.49. The molecular weight excluding hydrogens is 502 g/mol. The summed E-state index contributed by atoms with van der Waals surface area (Å²) in [6.07, 6.45) is 3.98. The predicted octanol–water partition coefficient (Wildman–Crippen LogP) is 6.78. The Kier molecular flexibility index (Phi) is 13.2. The zero-order valence-corrected chi connectivity index (χ0v) is 24.2. The molecule has 0 spiro atoms. The van der Waals surface area contributed by atoms with Gasteiger partial charge in [-0.2, -0.15) is 0 Å². The highest BCUT2D eigenvalue weighted by molar-refractivity contribution is 5.89. The van der Waals surface area contributed by atoms with Gasteiger partial charge in [0, 0.05) is 19.5 Å². The summed E-state index contributed by atoms with van der Waals surface area (Å²) in [4.78, 5) is 26.2. The smallest absolute Gasteiger partial charge is 0.338 e. The number of hydrogen-bond donors (Lipinski definition) is 0. The number of para-hydroxylation sites is 1. The molecule has 0 N–H and O–H groups in total. The Morgan fingerprint density at radius 2 is 1.40 bits per heavy atom. The number of benzene rings is 3. The summed E-state index contributed by atoms with van der Waals surface area (Å²) in [6.45, 7) is 9.53.